The number of hydrogen-bond acceptors (Lipinski definition) is 8. The van der Waals surface area contributed by atoms with Gasteiger partial charge in [-0.25, -0.2) is 0 Å². The quantitative estimate of drug-likeness (QED) is 0.105. The zero-order valence-corrected chi connectivity index (χ0v) is 51.0. The molecular formula is C80H70N2O6. The number of methoxy groups -OCH3 is 4. The van der Waals surface area contributed by atoms with E-state index in [1.54, 1.807) is 28.4 Å². The van der Waals surface area contributed by atoms with Crippen LogP contribution in [0.4, 0.5) is 0 Å². The molecule has 2 N–H and O–H groups in total. The lowest BCUT2D eigenvalue weighted by Crippen LogP contribution is -2.49. The number of benzene rings is 12. The molecule has 0 unspecified atom stereocenters. The van der Waals surface area contributed by atoms with Crippen molar-refractivity contribution < 1.29 is 29.2 Å². The van der Waals surface area contributed by atoms with Gasteiger partial charge in [0.25, 0.3) is 0 Å². The summed E-state index contributed by atoms with van der Waals surface area (Å²) in [6.07, 6.45) is 6.78. The van der Waals surface area contributed by atoms with Crippen molar-refractivity contribution in [2.45, 2.75) is 64.5 Å². The Kier molecular flexibility index (Phi) is 15.0. The molecule has 13 rings (SSSR count). The standard InChI is InChI=1S/C80H70N2O6/c1-49-35-50(2)38-61(37-49)79(81-47-59-41-57-45-65(87-7)25-31-71(57)75(77(59)83)73-67(53-17-11-9-12-18-53)27-21-55-43-63(85-5)23-29-69(55)73)33-15-16-34-80(79,62-39-51(3)36-52(4)40-62)82-48-60-42-58-46-66(88-8)26-32-72(58)76(78(60)84)74-68(54-19-13-10-14-20-54)28-22-56-44-64(86-6)24-30-70(56)74/h9-14,17-32,35-48,83-84H,15-16,33-34H2,1-8H3/t79-,80-/m1/s1. The van der Waals surface area contributed by atoms with Gasteiger partial charge in [0.15, 0.2) is 0 Å². The summed E-state index contributed by atoms with van der Waals surface area (Å²) in [7, 11) is 6.72. The maximum atomic E-state index is 13.5. The maximum Gasteiger partial charge on any atom is 0.132 e. The third kappa shape index (κ3) is 10.0. The molecule has 0 aromatic heterocycles. The van der Waals surface area contributed by atoms with Crippen molar-refractivity contribution in [1.29, 1.82) is 0 Å². The SMILES string of the molecule is COc1ccc2c(-c3c(O)c(C=N[C@@]4(c5cc(C)cc(C)c5)CCCC[C@@]4(N=Cc4cc5cc(OC)ccc5c(-c5c(-c6ccccc6)ccc6cc(OC)ccc56)c4O)c4cc(C)cc(C)c4)cc4cc(OC)ccc34)c(-c3ccccc3)ccc2c1. The van der Waals surface area contributed by atoms with Gasteiger partial charge < -0.3 is 29.2 Å². The molecule has 1 saturated carbocycles. The first-order chi connectivity index (χ1) is 42.8. The smallest absolute Gasteiger partial charge is 0.132 e. The first-order valence-electron chi connectivity index (χ1n) is 30.1. The normalized spacial score (nSPS) is 16.1. The van der Waals surface area contributed by atoms with Crippen molar-refractivity contribution in [2.24, 2.45) is 9.98 Å². The Bertz CT molecular complexity index is 4420. The number of aryl methyl sites for hydroxylation is 4. The van der Waals surface area contributed by atoms with E-state index in [0.717, 1.165) is 134 Å². The fraction of sp³-hybridized carbons (Fsp3) is 0.175. The Morgan fingerprint density at radius 1 is 0.352 bits per heavy atom. The predicted octanol–water partition coefficient (Wildman–Crippen LogP) is 19.5. The number of phenolic OH excluding ortho intramolecular Hbond substituents is 2. The molecule has 12 aromatic rings. The summed E-state index contributed by atoms with van der Waals surface area (Å²) in [5.74, 6) is 3.06. The van der Waals surface area contributed by atoms with Crippen molar-refractivity contribution in [3.8, 4) is 79.0 Å². The highest BCUT2D eigenvalue weighted by atomic mass is 16.5. The van der Waals surface area contributed by atoms with Crippen LogP contribution in [0.3, 0.4) is 0 Å². The number of rotatable bonds is 14. The van der Waals surface area contributed by atoms with Crippen molar-refractivity contribution in [1.82, 2.24) is 0 Å². The summed E-state index contributed by atoms with van der Waals surface area (Å²) in [6.45, 7) is 8.58. The van der Waals surface area contributed by atoms with Gasteiger partial charge in [-0.1, -0.05) is 169 Å². The second-order valence-corrected chi connectivity index (χ2v) is 23.6. The van der Waals surface area contributed by atoms with E-state index in [9.17, 15) is 10.2 Å². The van der Waals surface area contributed by atoms with Crippen LogP contribution in [0.5, 0.6) is 34.5 Å². The summed E-state index contributed by atoms with van der Waals surface area (Å²) in [6, 6.07) is 71.1. The Morgan fingerprint density at radius 2 is 0.682 bits per heavy atom. The van der Waals surface area contributed by atoms with E-state index in [1.165, 1.54) is 0 Å². The molecule has 12 aromatic carbocycles. The first-order valence-corrected chi connectivity index (χ1v) is 30.1. The molecule has 0 aliphatic heterocycles. The van der Waals surface area contributed by atoms with Crippen LogP contribution < -0.4 is 18.9 Å². The molecule has 8 nitrogen and oxygen atoms in total. The van der Waals surface area contributed by atoms with Gasteiger partial charge in [-0.15, -0.1) is 0 Å². The second kappa shape index (κ2) is 23.2. The largest absolute Gasteiger partial charge is 0.507 e. The van der Waals surface area contributed by atoms with Crippen molar-refractivity contribution in [3.63, 3.8) is 0 Å². The number of phenols is 2. The second-order valence-electron chi connectivity index (χ2n) is 23.6. The number of aliphatic imine (C=N–C) groups is 2. The van der Waals surface area contributed by atoms with Gasteiger partial charge >= 0.3 is 0 Å². The summed E-state index contributed by atoms with van der Waals surface area (Å²) in [5.41, 5.74) is 12.5. The predicted molar refractivity (Wildman–Crippen MR) is 363 cm³/mol. The highest BCUT2D eigenvalue weighted by Crippen LogP contribution is 2.58. The van der Waals surface area contributed by atoms with Gasteiger partial charge in [0.1, 0.15) is 45.6 Å². The average Bonchev–Trinajstić information content (AvgIpc) is 0.836. The lowest BCUT2D eigenvalue weighted by Gasteiger charge is -2.50. The third-order valence-electron chi connectivity index (χ3n) is 18.1. The highest BCUT2D eigenvalue weighted by molar-refractivity contribution is 6.16. The zero-order chi connectivity index (χ0) is 60.8. The summed E-state index contributed by atoms with van der Waals surface area (Å²) >= 11 is 0. The van der Waals surface area contributed by atoms with Gasteiger partial charge in [-0.2, -0.15) is 0 Å². The van der Waals surface area contributed by atoms with E-state index < -0.39 is 11.1 Å². The van der Waals surface area contributed by atoms with Crippen LogP contribution in [-0.4, -0.2) is 51.1 Å². The Balaban J connectivity index is 1.10. The Hall–Kier alpha value is -10.2. The van der Waals surface area contributed by atoms with Gasteiger partial charge in [0.2, 0.25) is 0 Å². The Labute approximate surface area is 514 Å². The van der Waals surface area contributed by atoms with E-state index in [0.29, 0.717) is 46.6 Å². The molecule has 436 valence electrons. The summed E-state index contributed by atoms with van der Waals surface area (Å²) in [5, 5.41) is 34.3. The fourth-order valence-electron chi connectivity index (χ4n) is 14.1. The minimum Gasteiger partial charge on any atom is -0.507 e. The van der Waals surface area contributed by atoms with Crippen molar-refractivity contribution in [3.05, 3.63) is 251 Å². The molecule has 1 fully saturated rings. The monoisotopic (exact) mass is 1150 g/mol. The van der Waals surface area contributed by atoms with Crippen molar-refractivity contribution >= 4 is 55.5 Å². The summed E-state index contributed by atoms with van der Waals surface area (Å²) < 4.78 is 23.3. The van der Waals surface area contributed by atoms with E-state index in [1.807, 2.05) is 122 Å². The molecular weight excluding hydrogens is 1080 g/mol. The van der Waals surface area contributed by atoms with E-state index in [2.05, 4.69) is 125 Å². The van der Waals surface area contributed by atoms with E-state index in [4.69, 9.17) is 28.9 Å². The van der Waals surface area contributed by atoms with Crippen LogP contribution in [-0.2, 0) is 11.1 Å². The van der Waals surface area contributed by atoms with Crippen LogP contribution in [0.2, 0.25) is 0 Å². The molecule has 0 heterocycles. The molecule has 1 aliphatic carbocycles. The van der Waals surface area contributed by atoms with Gasteiger partial charge in [0.05, 0.1) is 28.4 Å². The first kappa shape index (κ1) is 56.9. The topological polar surface area (TPSA) is 102 Å². The molecule has 0 saturated heterocycles. The number of hydrogen-bond donors (Lipinski definition) is 2. The minimum absolute atomic E-state index is 0.0968. The van der Waals surface area contributed by atoms with E-state index in [-0.39, 0.29) is 11.5 Å². The van der Waals surface area contributed by atoms with Gasteiger partial charge in [-0.3, -0.25) is 9.98 Å². The van der Waals surface area contributed by atoms with Gasteiger partial charge in [0, 0.05) is 45.8 Å². The molecule has 0 bridgehead atoms. The molecule has 0 spiro atoms. The summed E-state index contributed by atoms with van der Waals surface area (Å²) in [4.78, 5) is 12.1. The molecule has 1 aliphatic rings. The van der Waals surface area contributed by atoms with Crippen LogP contribution in [0.1, 0.15) is 70.2 Å². The molecule has 0 radical (unpaired) electrons. The number of fused-ring (bicyclic) bond motifs is 4. The van der Waals surface area contributed by atoms with Crippen LogP contribution in [0.25, 0.3) is 87.6 Å². The fourth-order valence-corrected chi connectivity index (χ4v) is 14.1. The van der Waals surface area contributed by atoms with Crippen LogP contribution in [0.15, 0.2) is 216 Å². The molecule has 2 atom stereocenters. The highest BCUT2D eigenvalue weighted by Gasteiger charge is 2.55. The minimum atomic E-state index is -1.08. The molecule has 88 heavy (non-hydrogen) atoms. The van der Waals surface area contributed by atoms with Crippen LogP contribution in [0, 0.1) is 27.7 Å². The Morgan fingerprint density at radius 3 is 1.02 bits per heavy atom. The lowest BCUT2D eigenvalue weighted by molar-refractivity contribution is 0.152. The van der Waals surface area contributed by atoms with Gasteiger partial charge in [-0.05, 0) is 190 Å². The average molecular weight is 1160 g/mol. The van der Waals surface area contributed by atoms with Crippen molar-refractivity contribution in [2.75, 3.05) is 28.4 Å². The lowest BCUT2D eigenvalue weighted by atomic mass is 9.60. The third-order valence-corrected chi connectivity index (χ3v) is 18.1. The zero-order valence-electron chi connectivity index (χ0n) is 51.0. The number of aromatic hydroxyl groups is 2. The van der Waals surface area contributed by atoms with E-state index >= 15 is 0 Å². The number of nitrogens with zero attached hydrogens (tertiary/aromatic N) is 2. The molecule has 8 heteroatoms. The number of ether oxygens (including phenoxy) is 4. The maximum absolute atomic E-state index is 13.5. The molecule has 0 amide bonds. The van der Waals surface area contributed by atoms with Crippen LogP contribution >= 0.6 is 0 Å².